The highest BCUT2D eigenvalue weighted by molar-refractivity contribution is 7.92. The number of sulfonamides is 1. The zero-order valence-corrected chi connectivity index (χ0v) is 14.0. The number of fused-ring (bicyclic) bond motifs is 1. The Morgan fingerprint density at radius 2 is 1.64 bits per heavy atom. The Balaban J connectivity index is 1.82. The number of hydrogen-bond donors (Lipinski definition) is 1. The monoisotopic (exact) mass is 353 g/mol. The van der Waals surface area contributed by atoms with Gasteiger partial charge in [0, 0.05) is 11.8 Å². The zero-order valence-electron chi connectivity index (χ0n) is 13.2. The molecule has 25 heavy (non-hydrogen) atoms. The first-order valence-electron chi connectivity index (χ1n) is 7.44. The van der Waals surface area contributed by atoms with E-state index in [2.05, 4.69) is 11.3 Å². The van der Waals surface area contributed by atoms with E-state index in [1.54, 1.807) is 18.2 Å². The van der Waals surface area contributed by atoms with Crippen molar-refractivity contribution in [3.8, 4) is 5.75 Å². The molecule has 0 amide bonds. The summed E-state index contributed by atoms with van der Waals surface area (Å²) >= 11 is 0. The number of carbonyl (C=O) groups excluding carboxylic acids is 1. The molecule has 0 bridgehead atoms. The first-order valence-corrected chi connectivity index (χ1v) is 8.92. The summed E-state index contributed by atoms with van der Waals surface area (Å²) in [5.74, 6) is -0.275. The predicted octanol–water partition coefficient (Wildman–Crippen LogP) is 3.73. The van der Waals surface area contributed by atoms with Crippen molar-refractivity contribution >= 4 is 32.5 Å². The van der Waals surface area contributed by atoms with Gasteiger partial charge in [-0.1, -0.05) is 36.9 Å². The molecule has 0 heterocycles. The van der Waals surface area contributed by atoms with Crippen LogP contribution in [-0.4, -0.2) is 14.4 Å². The largest absolute Gasteiger partial charge is 0.423 e. The lowest BCUT2D eigenvalue weighted by Gasteiger charge is -2.09. The Morgan fingerprint density at radius 1 is 0.960 bits per heavy atom. The molecule has 0 aliphatic rings. The molecule has 3 aromatic carbocycles. The lowest BCUT2D eigenvalue weighted by Crippen LogP contribution is -2.13. The van der Waals surface area contributed by atoms with Gasteiger partial charge in [0.25, 0.3) is 10.0 Å². The van der Waals surface area contributed by atoms with Crippen LogP contribution in [0, 0.1) is 0 Å². The Hall–Kier alpha value is -3.12. The third kappa shape index (κ3) is 3.87. The molecule has 0 radical (unpaired) electrons. The normalized spacial score (nSPS) is 11.0. The summed E-state index contributed by atoms with van der Waals surface area (Å²) in [6.07, 6.45) is 1.05. The van der Waals surface area contributed by atoms with Gasteiger partial charge in [-0.25, -0.2) is 13.2 Å². The number of benzene rings is 3. The SMILES string of the molecule is C=CC(=O)Oc1ccc(NS(=O)(=O)c2ccc3ccccc3c2)cc1. The maximum Gasteiger partial charge on any atom is 0.335 e. The van der Waals surface area contributed by atoms with E-state index in [4.69, 9.17) is 4.74 Å². The van der Waals surface area contributed by atoms with Crippen LogP contribution in [0.25, 0.3) is 10.8 Å². The molecule has 0 aliphatic heterocycles. The molecule has 1 N–H and O–H groups in total. The van der Waals surface area contributed by atoms with Crippen LogP contribution in [0.4, 0.5) is 5.69 Å². The van der Waals surface area contributed by atoms with Crippen molar-refractivity contribution in [3.05, 3.63) is 79.4 Å². The van der Waals surface area contributed by atoms with Gasteiger partial charge in [0.05, 0.1) is 4.90 Å². The maximum atomic E-state index is 12.5. The van der Waals surface area contributed by atoms with E-state index < -0.39 is 16.0 Å². The molecule has 0 spiro atoms. The third-order valence-corrected chi connectivity index (χ3v) is 4.90. The van der Waals surface area contributed by atoms with E-state index in [0.29, 0.717) is 11.4 Å². The van der Waals surface area contributed by atoms with E-state index in [0.717, 1.165) is 16.8 Å². The molecular formula is C19H15NO4S. The number of nitrogens with one attached hydrogen (secondary N) is 1. The maximum absolute atomic E-state index is 12.5. The molecule has 5 nitrogen and oxygen atoms in total. The van der Waals surface area contributed by atoms with Gasteiger partial charge in [-0.2, -0.15) is 0 Å². The number of hydrogen-bond acceptors (Lipinski definition) is 4. The van der Waals surface area contributed by atoms with Crippen molar-refractivity contribution in [2.24, 2.45) is 0 Å². The molecule has 0 aliphatic carbocycles. The summed E-state index contributed by atoms with van der Waals surface area (Å²) < 4.78 is 32.5. The first-order chi connectivity index (χ1) is 12.0. The van der Waals surface area contributed by atoms with Crippen LogP contribution in [0.1, 0.15) is 0 Å². The Kier molecular flexibility index (Phi) is 4.54. The number of ether oxygens (including phenoxy) is 1. The van der Waals surface area contributed by atoms with Gasteiger partial charge in [0.1, 0.15) is 5.75 Å². The minimum Gasteiger partial charge on any atom is -0.423 e. The summed E-state index contributed by atoms with van der Waals surface area (Å²) in [6.45, 7) is 3.31. The lowest BCUT2D eigenvalue weighted by atomic mass is 10.1. The molecule has 0 aromatic heterocycles. The fourth-order valence-electron chi connectivity index (χ4n) is 2.30. The molecule has 126 valence electrons. The highest BCUT2D eigenvalue weighted by Crippen LogP contribution is 2.22. The van der Waals surface area contributed by atoms with Gasteiger partial charge in [0.2, 0.25) is 0 Å². The van der Waals surface area contributed by atoms with E-state index in [1.807, 2.05) is 24.3 Å². The van der Waals surface area contributed by atoms with Gasteiger partial charge >= 0.3 is 5.97 Å². The second-order valence-corrected chi connectivity index (χ2v) is 6.95. The summed E-state index contributed by atoms with van der Waals surface area (Å²) in [5, 5.41) is 1.81. The van der Waals surface area contributed by atoms with Gasteiger partial charge < -0.3 is 4.74 Å². The number of anilines is 1. The number of carbonyl (C=O) groups is 1. The second-order valence-electron chi connectivity index (χ2n) is 5.26. The highest BCUT2D eigenvalue weighted by Gasteiger charge is 2.14. The van der Waals surface area contributed by atoms with Crippen molar-refractivity contribution in [3.63, 3.8) is 0 Å². The van der Waals surface area contributed by atoms with E-state index in [-0.39, 0.29) is 4.90 Å². The quantitative estimate of drug-likeness (QED) is 0.431. The van der Waals surface area contributed by atoms with Crippen molar-refractivity contribution in [2.75, 3.05) is 4.72 Å². The predicted molar refractivity (Wildman–Crippen MR) is 97.0 cm³/mol. The van der Waals surface area contributed by atoms with Crippen molar-refractivity contribution in [2.45, 2.75) is 4.90 Å². The van der Waals surface area contributed by atoms with Crippen LogP contribution in [0.15, 0.2) is 84.3 Å². The Labute approximate surface area is 145 Å². The molecule has 3 aromatic rings. The molecule has 6 heteroatoms. The smallest absolute Gasteiger partial charge is 0.335 e. The summed E-state index contributed by atoms with van der Waals surface area (Å²) in [5.41, 5.74) is 0.367. The molecule has 0 fully saturated rings. The molecule has 0 saturated heterocycles. The molecule has 3 rings (SSSR count). The van der Waals surface area contributed by atoms with Crippen molar-refractivity contribution in [1.82, 2.24) is 0 Å². The number of esters is 1. The van der Waals surface area contributed by atoms with E-state index in [9.17, 15) is 13.2 Å². The molecular weight excluding hydrogens is 338 g/mol. The minimum atomic E-state index is -3.72. The zero-order chi connectivity index (χ0) is 17.9. The van der Waals surface area contributed by atoms with Crippen LogP contribution in [0.5, 0.6) is 5.75 Å². The lowest BCUT2D eigenvalue weighted by molar-refractivity contribution is -0.128. The van der Waals surface area contributed by atoms with E-state index in [1.165, 1.54) is 24.3 Å². The first kappa shape index (κ1) is 16.7. The van der Waals surface area contributed by atoms with Crippen LogP contribution in [0.2, 0.25) is 0 Å². The fraction of sp³-hybridized carbons (Fsp3) is 0. The van der Waals surface area contributed by atoms with Crippen molar-refractivity contribution in [1.29, 1.82) is 0 Å². The topological polar surface area (TPSA) is 72.5 Å². The minimum absolute atomic E-state index is 0.174. The second kappa shape index (κ2) is 6.78. The molecule has 0 atom stereocenters. The van der Waals surface area contributed by atoms with Crippen LogP contribution < -0.4 is 9.46 Å². The number of rotatable bonds is 5. The van der Waals surface area contributed by atoms with Gasteiger partial charge in [-0.3, -0.25) is 4.72 Å². The summed E-state index contributed by atoms with van der Waals surface area (Å²) in [6, 6.07) is 18.5. The Bertz CT molecular complexity index is 1040. The third-order valence-electron chi connectivity index (χ3n) is 3.52. The van der Waals surface area contributed by atoms with E-state index >= 15 is 0 Å². The summed E-state index contributed by atoms with van der Waals surface area (Å²) in [4.78, 5) is 11.3. The average Bonchev–Trinajstić information content (AvgIpc) is 2.62. The van der Waals surface area contributed by atoms with Crippen molar-refractivity contribution < 1.29 is 17.9 Å². The van der Waals surface area contributed by atoms with Crippen LogP contribution >= 0.6 is 0 Å². The molecule has 0 saturated carbocycles. The summed E-state index contributed by atoms with van der Waals surface area (Å²) in [7, 11) is -3.72. The average molecular weight is 353 g/mol. The highest BCUT2D eigenvalue weighted by atomic mass is 32.2. The van der Waals surface area contributed by atoms with Crippen LogP contribution in [-0.2, 0) is 14.8 Å². The fourth-order valence-corrected chi connectivity index (χ4v) is 3.39. The van der Waals surface area contributed by atoms with Gasteiger partial charge in [-0.05, 0) is 47.2 Å². The van der Waals surface area contributed by atoms with Gasteiger partial charge in [0.15, 0.2) is 0 Å². The standard InChI is InChI=1S/C19H15NO4S/c1-2-19(21)24-17-10-8-16(9-11-17)20-25(22,23)18-12-7-14-5-3-4-6-15(14)13-18/h2-13,20H,1H2. The van der Waals surface area contributed by atoms with Crippen LogP contribution in [0.3, 0.4) is 0 Å². The Morgan fingerprint density at radius 3 is 2.32 bits per heavy atom. The molecule has 0 unspecified atom stereocenters. The van der Waals surface area contributed by atoms with Gasteiger partial charge in [-0.15, -0.1) is 0 Å².